The minimum Gasteiger partial charge on any atom is -0.356 e. The topological polar surface area (TPSA) is 82.2 Å². The predicted molar refractivity (Wildman–Crippen MR) is 88.9 cm³/mol. The second kappa shape index (κ2) is 5.76. The first-order valence-electron chi connectivity index (χ1n) is 8.18. The van der Waals surface area contributed by atoms with E-state index < -0.39 is 10.0 Å². The van der Waals surface area contributed by atoms with Gasteiger partial charge in [0.05, 0.1) is 10.6 Å². The molecule has 7 nitrogen and oxygen atoms in total. The highest BCUT2D eigenvalue weighted by Gasteiger charge is 2.36. The molecule has 0 bridgehead atoms. The Morgan fingerprint density at radius 1 is 1.09 bits per heavy atom. The van der Waals surface area contributed by atoms with Gasteiger partial charge in [0, 0.05) is 32.4 Å². The van der Waals surface area contributed by atoms with Gasteiger partial charge in [-0.1, -0.05) is 0 Å². The molecule has 0 saturated carbocycles. The molecule has 0 spiro atoms. The second-order valence-corrected chi connectivity index (χ2v) is 8.49. The zero-order chi connectivity index (χ0) is 15.9. The SMILES string of the molecule is O=S(=O)(C1CCN(c2ncnc3[nH]ccc23)CC1)N1CCCC1. The van der Waals surface area contributed by atoms with Crippen molar-refractivity contribution in [2.75, 3.05) is 31.1 Å². The largest absolute Gasteiger partial charge is 0.356 e. The van der Waals surface area contributed by atoms with E-state index in [1.54, 1.807) is 10.6 Å². The Kier molecular flexibility index (Phi) is 3.73. The van der Waals surface area contributed by atoms with E-state index in [-0.39, 0.29) is 5.25 Å². The number of nitrogens with one attached hydrogen (secondary N) is 1. The highest BCUT2D eigenvalue weighted by molar-refractivity contribution is 7.89. The third kappa shape index (κ3) is 2.59. The lowest BCUT2D eigenvalue weighted by Crippen LogP contribution is -2.44. The van der Waals surface area contributed by atoms with Crippen molar-refractivity contribution in [2.24, 2.45) is 0 Å². The summed E-state index contributed by atoms with van der Waals surface area (Å²) in [7, 11) is -3.13. The van der Waals surface area contributed by atoms with Crippen molar-refractivity contribution in [1.82, 2.24) is 19.3 Å². The van der Waals surface area contributed by atoms with Crippen LogP contribution in [0.15, 0.2) is 18.6 Å². The quantitative estimate of drug-likeness (QED) is 0.915. The molecule has 2 aromatic heterocycles. The summed E-state index contributed by atoms with van der Waals surface area (Å²) < 4.78 is 27.0. The minimum atomic E-state index is -3.13. The minimum absolute atomic E-state index is 0.250. The zero-order valence-corrected chi connectivity index (χ0v) is 13.8. The van der Waals surface area contributed by atoms with Crippen LogP contribution in [0.5, 0.6) is 0 Å². The summed E-state index contributed by atoms with van der Waals surface area (Å²) in [6.45, 7) is 2.82. The van der Waals surface area contributed by atoms with Crippen LogP contribution in [0.2, 0.25) is 0 Å². The summed E-state index contributed by atoms with van der Waals surface area (Å²) in [5.74, 6) is 0.897. The highest BCUT2D eigenvalue weighted by Crippen LogP contribution is 2.29. The van der Waals surface area contributed by atoms with Crippen molar-refractivity contribution >= 4 is 26.9 Å². The van der Waals surface area contributed by atoms with E-state index in [4.69, 9.17) is 0 Å². The molecule has 4 heterocycles. The molecule has 2 aliphatic rings. The molecule has 0 atom stereocenters. The standard InChI is InChI=1S/C15H21N5O2S/c21-23(22,20-7-1-2-8-20)12-4-9-19(10-5-12)15-13-3-6-16-14(13)17-11-18-15/h3,6,11-12H,1-2,4-5,7-10H2,(H,16,17,18). The van der Waals surface area contributed by atoms with Crippen molar-refractivity contribution in [3.63, 3.8) is 0 Å². The van der Waals surface area contributed by atoms with Crippen LogP contribution in [-0.2, 0) is 10.0 Å². The normalized spacial score (nSPS) is 21.3. The molecule has 2 aliphatic heterocycles. The summed E-state index contributed by atoms with van der Waals surface area (Å²) in [5.41, 5.74) is 0.821. The predicted octanol–water partition coefficient (Wildman–Crippen LogP) is 1.35. The average Bonchev–Trinajstić information content (AvgIpc) is 3.26. The Morgan fingerprint density at radius 3 is 2.57 bits per heavy atom. The molecule has 8 heteroatoms. The van der Waals surface area contributed by atoms with Crippen LogP contribution in [0.3, 0.4) is 0 Å². The van der Waals surface area contributed by atoms with Crippen LogP contribution in [-0.4, -0.2) is 59.1 Å². The molecular formula is C15H21N5O2S. The first-order chi connectivity index (χ1) is 11.2. The molecule has 2 saturated heterocycles. The third-order valence-corrected chi connectivity index (χ3v) is 7.32. The number of aromatic amines is 1. The molecule has 2 fully saturated rings. The summed E-state index contributed by atoms with van der Waals surface area (Å²) in [5, 5.41) is 0.744. The Bertz CT molecular complexity index is 789. The van der Waals surface area contributed by atoms with E-state index in [1.165, 1.54) is 0 Å². The summed E-state index contributed by atoms with van der Waals surface area (Å²) in [6.07, 6.45) is 6.72. The van der Waals surface area contributed by atoms with E-state index in [0.717, 1.165) is 42.8 Å². The maximum Gasteiger partial charge on any atom is 0.217 e. The van der Waals surface area contributed by atoms with Crippen LogP contribution >= 0.6 is 0 Å². The molecule has 124 valence electrons. The molecule has 0 aromatic carbocycles. The van der Waals surface area contributed by atoms with Crippen LogP contribution in [0.1, 0.15) is 25.7 Å². The molecule has 0 radical (unpaired) electrons. The van der Waals surface area contributed by atoms with Crippen molar-refractivity contribution in [3.8, 4) is 0 Å². The van der Waals surface area contributed by atoms with Gasteiger partial charge in [-0.2, -0.15) is 0 Å². The maximum atomic E-state index is 12.7. The van der Waals surface area contributed by atoms with Gasteiger partial charge in [0.1, 0.15) is 17.8 Å². The summed E-state index contributed by atoms with van der Waals surface area (Å²) in [4.78, 5) is 13.9. The molecule has 0 amide bonds. The van der Waals surface area contributed by atoms with E-state index >= 15 is 0 Å². The molecule has 0 aliphatic carbocycles. The molecule has 1 N–H and O–H groups in total. The fourth-order valence-corrected chi connectivity index (χ4v) is 5.62. The molecule has 2 aromatic rings. The Balaban J connectivity index is 1.50. The molecule has 23 heavy (non-hydrogen) atoms. The number of nitrogens with zero attached hydrogens (tertiary/aromatic N) is 4. The number of fused-ring (bicyclic) bond motifs is 1. The molecule has 0 unspecified atom stereocenters. The summed E-state index contributed by atoms with van der Waals surface area (Å²) in [6, 6.07) is 1.97. The Hall–Kier alpha value is -1.67. The van der Waals surface area contributed by atoms with E-state index in [0.29, 0.717) is 25.9 Å². The lowest BCUT2D eigenvalue weighted by molar-refractivity contribution is 0.446. The number of H-pyrrole nitrogens is 1. The zero-order valence-electron chi connectivity index (χ0n) is 13.0. The molecular weight excluding hydrogens is 314 g/mol. The Labute approximate surface area is 135 Å². The molecule has 4 rings (SSSR count). The van der Waals surface area contributed by atoms with Crippen LogP contribution in [0.25, 0.3) is 11.0 Å². The van der Waals surface area contributed by atoms with Crippen LogP contribution in [0, 0.1) is 0 Å². The number of rotatable bonds is 3. The van der Waals surface area contributed by atoms with Gasteiger partial charge >= 0.3 is 0 Å². The van der Waals surface area contributed by atoms with Crippen LogP contribution < -0.4 is 4.90 Å². The third-order valence-electron chi connectivity index (χ3n) is 4.92. The number of piperidine rings is 1. The van der Waals surface area contributed by atoms with Gasteiger partial charge in [0.25, 0.3) is 0 Å². The second-order valence-electron chi connectivity index (χ2n) is 6.27. The van der Waals surface area contributed by atoms with Gasteiger partial charge in [-0.3, -0.25) is 0 Å². The Morgan fingerprint density at radius 2 is 1.83 bits per heavy atom. The maximum absolute atomic E-state index is 12.7. The van der Waals surface area contributed by atoms with Gasteiger partial charge in [-0.25, -0.2) is 22.7 Å². The fraction of sp³-hybridized carbons (Fsp3) is 0.600. The van der Waals surface area contributed by atoms with Gasteiger partial charge in [-0.15, -0.1) is 0 Å². The van der Waals surface area contributed by atoms with Crippen molar-refractivity contribution in [3.05, 3.63) is 18.6 Å². The summed E-state index contributed by atoms with van der Waals surface area (Å²) >= 11 is 0. The first kappa shape index (κ1) is 14.9. The van der Waals surface area contributed by atoms with Crippen molar-refractivity contribution < 1.29 is 8.42 Å². The van der Waals surface area contributed by atoms with Crippen molar-refractivity contribution in [1.29, 1.82) is 0 Å². The monoisotopic (exact) mass is 335 g/mol. The lowest BCUT2D eigenvalue weighted by Gasteiger charge is -2.34. The van der Waals surface area contributed by atoms with E-state index in [1.807, 2.05) is 12.3 Å². The van der Waals surface area contributed by atoms with E-state index in [9.17, 15) is 8.42 Å². The van der Waals surface area contributed by atoms with Gasteiger partial charge < -0.3 is 9.88 Å². The van der Waals surface area contributed by atoms with Gasteiger partial charge in [-0.05, 0) is 31.7 Å². The number of aromatic nitrogens is 3. The van der Waals surface area contributed by atoms with Gasteiger partial charge in [0.15, 0.2) is 0 Å². The van der Waals surface area contributed by atoms with E-state index in [2.05, 4.69) is 19.9 Å². The fourth-order valence-electron chi connectivity index (χ4n) is 3.63. The van der Waals surface area contributed by atoms with Gasteiger partial charge in [0.2, 0.25) is 10.0 Å². The first-order valence-corrected chi connectivity index (χ1v) is 9.68. The number of hydrogen-bond acceptors (Lipinski definition) is 5. The smallest absolute Gasteiger partial charge is 0.217 e. The number of hydrogen-bond donors (Lipinski definition) is 1. The highest BCUT2D eigenvalue weighted by atomic mass is 32.2. The van der Waals surface area contributed by atoms with Crippen molar-refractivity contribution in [2.45, 2.75) is 30.9 Å². The number of sulfonamides is 1. The number of anilines is 1. The lowest BCUT2D eigenvalue weighted by atomic mass is 10.1. The average molecular weight is 335 g/mol. The van der Waals surface area contributed by atoms with Crippen LogP contribution in [0.4, 0.5) is 5.82 Å².